The summed E-state index contributed by atoms with van der Waals surface area (Å²) in [6.45, 7) is 7.00. The molecule has 3 heteroatoms. The van der Waals surface area contributed by atoms with Crippen molar-refractivity contribution in [1.29, 1.82) is 0 Å². The maximum absolute atomic E-state index is 10.9. The van der Waals surface area contributed by atoms with E-state index in [0.717, 1.165) is 42.1 Å². The number of carbonyl (C=O) groups excluding carboxylic acids is 1. The molecule has 132 valence electrons. The van der Waals surface area contributed by atoms with E-state index in [9.17, 15) is 4.79 Å². The Balaban J connectivity index is 1.61. The van der Waals surface area contributed by atoms with Gasteiger partial charge in [-0.2, -0.15) is 0 Å². The monoisotopic (exact) mass is 337 g/mol. The van der Waals surface area contributed by atoms with Gasteiger partial charge in [-0.25, -0.2) is 0 Å². The van der Waals surface area contributed by atoms with Gasteiger partial charge in [-0.1, -0.05) is 39.0 Å². The second kappa shape index (κ2) is 7.38. The van der Waals surface area contributed by atoms with Crippen LogP contribution in [-0.2, 0) is 0 Å². The van der Waals surface area contributed by atoms with E-state index in [1.54, 1.807) is 12.3 Å². The van der Waals surface area contributed by atoms with Crippen LogP contribution >= 0.6 is 0 Å². The Kier molecular flexibility index (Phi) is 5.22. The number of hydrogen-bond donors (Lipinski definition) is 0. The van der Waals surface area contributed by atoms with Crippen molar-refractivity contribution in [3.8, 4) is 17.0 Å². The van der Waals surface area contributed by atoms with Crippen LogP contribution in [-0.4, -0.2) is 17.4 Å². The number of pyridine rings is 1. The largest absolute Gasteiger partial charge is 0.489 e. The summed E-state index contributed by atoms with van der Waals surface area (Å²) < 4.78 is 6.13. The van der Waals surface area contributed by atoms with Crippen molar-refractivity contribution in [3.63, 3.8) is 0 Å². The highest BCUT2D eigenvalue weighted by atomic mass is 16.5. The molecule has 1 aliphatic rings. The minimum atomic E-state index is 0.296. The minimum Gasteiger partial charge on any atom is -0.489 e. The van der Waals surface area contributed by atoms with Gasteiger partial charge < -0.3 is 4.74 Å². The molecule has 25 heavy (non-hydrogen) atoms. The highest BCUT2D eigenvalue weighted by Crippen LogP contribution is 2.38. The lowest BCUT2D eigenvalue weighted by atomic mass is 9.72. The molecular formula is C22H27NO2. The molecule has 1 saturated carbocycles. The number of hydrogen-bond acceptors (Lipinski definition) is 3. The van der Waals surface area contributed by atoms with Gasteiger partial charge in [0.15, 0.2) is 0 Å². The molecule has 3 nitrogen and oxygen atoms in total. The predicted octanol–water partition coefficient (Wildman–Crippen LogP) is 5.54. The molecule has 0 spiro atoms. The number of rotatable bonds is 4. The van der Waals surface area contributed by atoms with E-state index in [0.29, 0.717) is 17.1 Å². The van der Waals surface area contributed by atoms with Crippen LogP contribution in [0, 0.1) is 11.3 Å². The van der Waals surface area contributed by atoms with Crippen LogP contribution in [0.5, 0.6) is 5.75 Å². The third kappa shape index (κ3) is 4.47. The van der Waals surface area contributed by atoms with Crippen molar-refractivity contribution in [3.05, 3.63) is 48.2 Å². The van der Waals surface area contributed by atoms with E-state index < -0.39 is 0 Å². The van der Waals surface area contributed by atoms with E-state index in [2.05, 4.69) is 25.8 Å². The van der Waals surface area contributed by atoms with E-state index >= 15 is 0 Å². The van der Waals surface area contributed by atoms with Crippen LogP contribution in [0.3, 0.4) is 0 Å². The lowest BCUT2D eigenvalue weighted by molar-refractivity contribution is 0.0880. The molecule has 0 radical (unpaired) electrons. The van der Waals surface area contributed by atoms with Crippen LogP contribution < -0.4 is 4.74 Å². The van der Waals surface area contributed by atoms with Gasteiger partial charge in [-0.3, -0.25) is 9.78 Å². The van der Waals surface area contributed by atoms with Crippen molar-refractivity contribution in [2.45, 2.75) is 52.6 Å². The van der Waals surface area contributed by atoms with E-state index in [4.69, 9.17) is 4.74 Å². The summed E-state index contributed by atoms with van der Waals surface area (Å²) in [7, 11) is 0. The van der Waals surface area contributed by atoms with Crippen LogP contribution in [0.1, 0.15) is 56.8 Å². The van der Waals surface area contributed by atoms with Gasteiger partial charge in [0.2, 0.25) is 0 Å². The molecular weight excluding hydrogens is 310 g/mol. The second-order valence-corrected chi connectivity index (χ2v) is 8.08. The van der Waals surface area contributed by atoms with Gasteiger partial charge in [-0.05, 0) is 55.2 Å². The van der Waals surface area contributed by atoms with Gasteiger partial charge >= 0.3 is 0 Å². The first-order chi connectivity index (χ1) is 12.0. The molecule has 1 aromatic heterocycles. The highest BCUT2D eigenvalue weighted by molar-refractivity contribution is 5.78. The first-order valence-electron chi connectivity index (χ1n) is 9.14. The molecule has 0 amide bonds. The molecule has 0 atom stereocenters. The van der Waals surface area contributed by atoms with Gasteiger partial charge in [-0.15, -0.1) is 0 Å². The summed E-state index contributed by atoms with van der Waals surface area (Å²) in [6.07, 6.45) is 7.64. The molecule has 0 unspecified atom stereocenters. The summed E-state index contributed by atoms with van der Waals surface area (Å²) >= 11 is 0. The van der Waals surface area contributed by atoms with Crippen LogP contribution in [0.25, 0.3) is 11.3 Å². The maximum Gasteiger partial charge on any atom is 0.150 e. The van der Waals surface area contributed by atoms with Crippen molar-refractivity contribution in [2.24, 2.45) is 11.3 Å². The number of carbonyl (C=O) groups is 1. The van der Waals surface area contributed by atoms with Gasteiger partial charge in [0.25, 0.3) is 0 Å². The summed E-state index contributed by atoms with van der Waals surface area (Å²) in [5.41, 5.74) is 2.86. The second-order valence-electron chi connectivity index (χ2n) is 8.08. The fourth-order valence-corrected chi connectivity index (χ4v) is 3.63. The average molecular weight is 337 g/mol. The summed E-state index contributed by atoms with van der Waals surface area (Å²) in [5, 5.41) is 0. The molecule has 2 aromatic rings. The third-order valence-electron chi connectivity index (χ3n) is 5.26. The first-order valence-corrected chi connectivity index (χ1v) is 9.14. The van der Waals surface area contributed by atoms with Crippen LogP contribution in [0.15, 0.2) is 42.6 Å². The molecule has 1 aliphatic carbocycles. The third-order valence-corrected chi connectivity index (χ3v) is 5.26. The van der Waals surface area contributed by atoms with Gasteiger partial charge in [0.1, 0.15) is 12.0 Å². The van der Waals surface area contributed by atoms with Crippen LogP contribution in [0.4, 0.5) is 0 Å². The molecule has 0 aliphatic heterocycles. The first kappa shape index (κ1) is 17.7. The number of ether oxygens (including phenoxy) is 1. The summed E-state index contributed by atoms with van der Waals surface area (Å²) in [5.74, 6) is 1.62. The van der Waals surface area contributed by atoms with Crippen LogP contribution in [0.2, 0.25) is 0 Å². The summed E-state index contributed by atoms with van der Waals surface area (Å²) in [6, 6.07) is 11.4. The van der Waals surface area contributed by atoms with E-state index in [1.165, 1.54) is 12.8 Å². The zero-order chi connectivity index (χ0) is 17.9. The fourth-order valence-electron chi connectivity index (χ4n) is 3.63. The van der Waals surface area contributed by atoms with Gasteiger partial charge in [0.05, 0.1) is 18.0 Å². The fraction of sp³-hybridized carbons (Fsp3) is 0.455. The molecule has 1 heterocycles. The average Bonchev–Trinajstić information content (AvgIpc) is 2.62. The molecule has 0 N–H and O–H groups in total. The molecule has 0 saturated heterocycles. The molecule has 3 rings (SSSR count). The SMILES string of the molecule is CC(C)(C)[C@H]1CC[C@H](Oc2ccc(-c3cccc(C=O)c3)nc2)CC1. The normalized spacial score (nSPS) is 20.9. The molecule has 1 aromatic carbocycles. The predicted molar refractivity (Wildman–Crippen MR) is 101 cm³/mol. The Morgan fingerprint density at radius 1 is 1.08 bits per heavy atom. The quantitative estimate of drug-likeness (QED) is 0.687. The summed E-state index contributed by atoms with van der Waals surface area (Å²) in [4.78, 5) is 15.4. The van der Waals surface area contributed by atoms with E-state index in [-0.39, 0.29) is 0 Å². The number of aromatic nitrogens is 1. The Morgan fingerprint density at radius 3 is 2.44 bits per heavy atom. The Hall–Kier alpha value is -2.16. The Labute approximate surface area is 150 Å². The van der Waals surface area contributed by atoms with E-state index in [1.807, 2.05) is 30.3 Å². The smallest absolute Gasteiger partial charge is 0.150 e. The standard InChI is InChI=1S/C22H27NO2/c1-22(2,3)18-7-9-19(10-8-18)25-20-11-12-21(23-14-20)17-6-4-5-16(13-17)15-24/h4-6,11-15,18-19H,7-10H2,1-3H3/t18-,19-. The highest BCUT2D eigenvalue weighted by Gasteiger charge is 2.30. The molecule has 1 fully saturated rings. The molecule has 0 bridgehead atoms. The Morgan fingerprint density at radius 2 is 1.84 bits per heavy atom. The number of aldehydes is 1. The topological polar surface area (TPSA) is 39.2 Å². The Bertz CT molecular complexity index is 708. The minimum absolute atomic E-state index is 0.296. The van der Waals surface area contributed by atoms with Gasteiger partial charge in [0, 0.05) is 11.1 Å². The van der Waals surface area contributed by atoms with Crippen molar-refractivity contribution < 1.29 is 9.53 Å². The zero-order valence-corrected chi connectivity index (χ0v) is 15.4. The maximum atomic E-state index is 10.9. The zero-order valence-electron chi connectivity index (χ0n) is 15.4. The lowest BCUT2D eigenvalue weighted by Crippen LogP contribution is -2.30. The van der Waals surface area contributed by atoms with Crippen molar-refractivity contribution in [1.82, 2.24) is 4.98 Å². The van der Waals surface area contributed by atoms with Crippen molar-refractivity contribution in [2.75, 3.05) is 0 Å². The lowest BCUT2D eigenvalue weighted by Gasteiger charge is -2.36. The van der Waals surface area contributed by atoms with Crippen molar-refractivity contribution >= 4 is 6.29 Å². The number of benzene rings is 1. The number of nitrogens with zero attached hydrogens (tertiary/aromatic N) is 1.